The maximum Gasteiger partial charge on any atom is 0.257 e. The van der Waals surface area contributed by atoms with Crippen LogP contribution in [-0.2, 0) is 6.42 Å². The van der Waals surface area contributed by atoms with Gasteiger partial charge in [-0.25, -0.2) is 0 Å². The second kappa shape index (κ2) is 6.29. The Labute approximate surface area is 152 Å². The molecule has 1 saturated heterocycles. The summed E-state index contributed by atoms with van der Waals surface area (Å²) in [5.74, 6) is 2.25. The normalized spacial score (nSPS) is 26.9. The van der Waals surface area contributed by atoms with Crippen LogP contribution in [0.5, 0.6) is 5.75 Å². The molecule has 132 valence electrons. The zero-order valence-electron chi connectivity index (χ0n) is 14.2. The van der Waals surface area contributed by atoms with Crippen LogP contribution < -0.4 is 4.74 Å². The summed E-state index contributed by atoms with van der Waals surface area (Å²) in [6.07, 6.45) is 7.84. The number of piperidine rings is 1. The monoisotopic (exact) mass is 359 g/mol. The van der Waals surface area contributed by atoms with E-state index in [1.165, 1.54) is 25.7 Å². The Kier molecular flexibility index (Phi) is 3.94. The first kappa shape index (κ1) is 15.6. The second-order valence-electron chi connectivity index (χ2n) is 7.36. The molecule has 3 heterocycles. The topological polar surface area (TPSA) is 51.4 Å². The zero-order chi connectivity index (χ0) is 16.8. The number of aromatic nitrogens is 2. The highest BCUT2D eigenvalue weighted by atomic mass is 35.5. The van der Waals surface area contributed by atoms with E-state index in [2.05, 4.69) is 15.1 Å². The molecule has 5 rings (SSSR count). The van der Waals surface area contributed by atoms with Crippen molar-refractivity contribution in [3.8, 4) is 5.75 Å². The number of hydrogen-bond donors (Lipinski definition) is 0. The number of benzene rings is 1. The first-order valence-electron chi connectivity index (χ1n) is 9.32. The third-order valence-corrected chi connectivity index (χ3v) is 5.78. The van der Waals surface area contributed by atoms with Gasteiger partial charge in [-0.3, -0.25) is 4.90 Å². The molecule has 0 amide bonds. The lowest BCUT2D eigenvalue weighted by Gasteiger charge is -2.33. The predicted molar refractivity (Wildman–Crippen MR) is 93.8 cm³/mol. The number of rotatable bonds is 3. The van der Waals surface area contributed by atoms with Crippen molar-refractivity contribution in [1.82, 2.24) is 15.1 Å². The lowest BCUT2D eigenvalue weighted by molar-refractivity contribution is 0.105. The molecule has 2 aromatic rings. The molecule has 2 atom stereocenters. The van der Waals surface area contributed by atoms with Crippen LogP contribution in [0.4, 0.5) is 0 Å². The molecule has 2 fully saturated rings. The van der Waals surface area contributed by atoms with Gasteiger partial charge in [-0.1, -0.05) is 18.0 Å². The lowest BCUT2D eigenvalue weighted by atomic mass is 10.0. The van der Waals surface area contributed by atoms with Crippen LogP contribution in [0.1, 0.15) is 68.0 Å². The summed E-state index contributed by atoms with van der Waals surface area (Å²) in [5, 5.41) is 9.46. The minimum absolute atomic E-state index is 0.159. The van der Waals surface area contributed by atoms with Gasteiger partial charge in [0.1, 0.15) is 5.75 Å². The van der Waals surface area contributed by atoms with Gasteiger partial charge in [0.2, 0.25) is 5.89 Å². The van der Waals surface area contributed by atoms with Crippen LogP contribution in [0.2, 0.25) is 5.02 Å². The molecule has 5 nitrogen and oxygen atoms in total. The number of ether oxygens (including phenoxy) is 1. The van der Waals surface area contributed by atoms with Gasteiger partial charge in [-0.15, -0.1) is 10.2 Å². The van der Waals surface area contributed by atoms with E-state index >= 15 is 0 Å². The number of halogens is 1. The summed E-state index contributed by atoms with van der Waals surface area (Å²) in [6.45, 7) is 1.15. The van der Waals surface area contributed by atoms with Crippen LogP contribution in [0.25, 0.3) is 0 Å². The first-order chi connectivity index (χ1) is 12.3. The van der Waals surface area contributed by atoms with E-state index in [1.807, 2.05) is 18.2 Å². The summed E-state index contributed by atoms with van der Waals surface area (Å²) < 4.78 is 12.2. The highest BCUT2D eigenvalue weighted by molar-refractivity contribution is 6.30. The predicted octanol–water partition coefficient (Wildman–Crippen LogP) is 4.48. The Bertz CT molecular complexity index is 774. The first-order valence-corrected chi connectivity index (χ1v) is 9.70. The highest BCUT2D eigenvalue weighted by Crippen LogP contribution is 2.40. The van der Waals surface area contributed by atoms with E-state index < -0.39 is 0 Å². The summed E-state index contributed by atoms with van der Waals surface area (Å²) >= 11 is 6.06. The zero-order valence-corrected chi connectivity index (χ0v) is 14.9. The standard InChI is InChI=1S/C19H22ClN3O2/c20-13-5-9-16-12(11-13)4-8-17(24-16)19-22-21-18(25-19)15-3-1-2-10-23(15)14-6-7-14/h5,9,11,14-15,17H,1-4,6-8,10H2. The van der Waals surface area contributed by atoms with Gasteiger partial charge in [0.25, 0.3) is 5.89 Å². The molecule has 2 unspecified atom stereocenters. The minimum Gasteiger partial charge on any atom is -0.480 e. The summed E-state index contributed by atoms with van der Waals surface area (Å²) in [6, 6.07) is 6.77. The van der Waals surface area contributed by atoms with Crippen molar-refractivity contribution in [3.05, 3.63) is 40.6 Å². The van der Waals surface area contributed by atoms with Crippen molar-refractivity contribution in [2.24, 2.45) is 0 Å². The van der Waals surface area contributed by atoms with Gasteiger partial charge < -0.3 is 9.15 Å². The molecule has 0 bridgehead atoms. The number of aryl methyl sites for hydroxylation is 1. The average molecular weight is 360 g/mol. The lowest BCUT2D eigenvalue weighted by Crippen LogP contribution is -2.35. The third kappa shape index (κ3) is 3.04. The van der Waals surface area contributed by atoms with Gasteiger partial charge in [0, 0.05) is 11.1 Å². The van der Waals surface area contributed by atoms with E-state index in [1.54, 1.807) is 0 Å². The van der Waals surface area contributed by atoms with Crippen molar-refractivity contribution >= 4 is 11.6 Å². The molecule has 1 aromatic heterocycles. The second-order valence-corrected chi connectivity index (χ2v) is 7.79. The molecule has 6 heteroatoms. The number of fused-ring (bicyclic) bond motifs is 1. The molecular formula is C19H22ClN3O2. The fourth-order valence-corrected chi connectivity index (χ4v) is 4.30. The van der Waals surface area contributed by atoms with Crippen molar-refractivity contribution in [2.45, 2.75) is 63.1 Å². The summed E-state index contributed by atoms with van der Waals surface area (Å²) in [5.41, 5.74) is 1.15. The maximum atomic E-state index is 6.09. The van der Waals surface area contributed by atoms with Gasteiger partial charge in [0.05, 0.1) is 6.04 Å². The van der Waals surface area contributed by atoms with Gasteiger partial charge in [0.15, 0.2) is 6.10 Å². The molecule has 3 aliphatic rings. The van der Waals surface area contributed by atoms with E-state index in [0.717, 1.165) is 54.1 Å². The van der Waals surface area contributed by atoms with Crippen LogP contribution >= 0.6 is 11.6 Å². The van der Waals surface area contributed by atoms with Crippen LogP contribution in [0, 0.1) is 0 Å². The molecule has 0 N–H and O–H groups in total. The number of nitrogens with zero attached hydrogens (tertiary/aromatic N) is 3. The van der Waals surface area contributed by atoms with Gasteiger partial charge >= 0.3 is 0 Å². The van der Waals surface area contributed by atoms with Crippen molar-refractivity contribution in [1.29, 1.82) is 0 Å². The maximum absolute atomic E-state index is 6.09. The van der Waals surface area contributed by atoms with Crippen LogP contribution in [-0.4, -0.2) is 27.7 Å². The summed E-state index contributed by atoms with van der Waals surface area (Å²) in [7, 11) is 0. The van der Waals surface area contributed by atoms with Gasteiger partial charge in [-0.2, -0.15) is 0 Å². The van der Waals surface area contributed by atoms with Crippen LogP contribution in [0.3, 0.4) is 0 Å². The molecule has 0 spiro atoms. The molecule has 2 aliphatic heterocycles. The van der Waals surface area contributed by atoms with Crippen molar-refractivity contribution in [3.63, 3.8) is 0 Å². The molecule has 1 saturated carbocycles. The Balaban J connectivity index is 1.35. The van der Waals surface area contributed by atoms with Crippen molar-refractivity contribution in [2.75, 3.05) is 6.54 Å². The Morgan fingerprint density at radius 2 is 1.92 bits per heavy atom. The van der Waals surface area contributed by atoms with Crippen molar-refractivity contribution < 1.29 is 9.15 Å². The van der Waals surface area contributed by atoms with Gasteiger partial charge in [-0.05, 0) is 68.8 Å². The highest BCUT2D eigenvalue weighted by Gasteiger charge is 2.39. The Hall–Kier alpha value is -1.59. The smallest absolute Gasteiger partial charge is 0.257 e. The largest absolute Gasteiger partial charge is 0.480 e. The van der Waals surface area contributed by atoms with E-state index in [-0.39, 0.29) is 12.1 Å². The number of hydrogen-bond acceptors (Lipinski definition) is 5. The molecule has 25 heavy (non-hydrogen) atoms. The van der Waals surface area contributed by atoms with E-state index in [0.29, 0.717) is 5.89 Å². The van der Waals surface area contributed by atoms with Crippen LogP contribution in [0.15, 0.2) is 22.6 Å². The minimum atomic E-state index is -0.159. The Morgan fingerprint density at radius 1 is 1.04 bits per heavy atom. The molecule has 0 radical (unpaired) electrons. The fraction of sp³-hybridized carbons (Fsp3) is 0.579. The number of likely N-dealkylation sites (tertiary alicyclic amines) is 1. The Morgan fingerprint density at radius 3 is 2.80 bits per heavy atom. The van der Waals surface area contributed by atoms with E-state index in [9.17, 15) is 0 Å². The van der Waals surface area contributed by atoms with E-state index in [4.69, 9.17) is 20.8 Å². The fourth-order valence-electron chi connectivity index (χ4n) is 4.10. The summed E-state index contributed by atoms with van der Waals surface area (Å²) in [4.78, 5) is 2.57. The SMILES string of the molecule is Clc1ccc2c(c1)CCC(c1nnc(C3CCCCN3C3CC3)o1)O2. The molecular weight excluding hydrogens is 338 g/mol. The average Bonchev–Trinajstić information content (AvgIpc) is 3.38. The quantitative estimate of drug-likeness (QED) is 0.808. The third-order valence-electron chi connectivity index (χ3n) is 5.54. The molecule has 1 aromatic carbocycles. The molecule has 1 aliphatic carbocycles.